The molecule has 82 valence electrons. The molecule has 0 saturated heterocycles. The van der Waals surface area contributed by atoms with Gasteiger partial charge < -0.3 is 10.1 Å². The Labute approximate surface area is 91.6 Å². The van der Waals surface area contributed by atoms with Gasteiger partial charge in [-0.05, 0) is 24.8 Å². The van der Waals surface area contributed by atoms with E-state index in [1.165, 1.54) is 18.4 Å². The number of benzene rings is 1. The summed E-state index contributed by atoms with van der Waals surface area (Å²) in [5, 5.41) is 3.58. The Kier molecular flexibility index (Phi) is 3.75. The zero-order valence-electron chi connectivity index (χ0n) is 9.28. The lowest BCUT2D eigenvalue weighted by Crippen LogP contribution is -2.26. The third kappa shape index (κ3) is 3.05. The molecule has 1 aromatic rings. The molecular formula is C13H19NO. The van der Waals surface area contributed by atoms with E-state index in [0.29, 0.717) is 12.1 Å². The molecule has 1 aliphatic rings. The van der Waals surface area contributed by atoms with Gasteiger partial charge in [-0.1, -0.05) is 30.3 Å². The highest BCUT2D eigenvalue weighted by Crippen LogP contribution is 2.21. The van der Waals surface area contributed by atoms with Gasteiger partial charge in [0.2, 0.25) is 0 Å². The first-order chi connectivity index (χ1) is 7.38. The first-order valence-corrected chi connectivity index (χ1v) is 5.68. The van der Waals surface area contributed by atoms with Gasteiger partial charge >= 0.3 is 0 Å². The van der Waals surface area contributed by atoms with E-state index in [1.807, 2.05) is 7.11 Å². The zero-order chi connectivity index (χ0) is 10.5. The minimum Gasteiger partial charge on any atom is -0.381 e. The van der Waals surface area contributed by atoms with Crippen molar-refractivity contribution in [3.8, 4) is 0 Å². The summed E-state index contributed by atoms with van der Waals surface area (Å²) in [5.74, 6) is 0. The summed E-state index contributed by atoms with van der Waals surface area (Å²) in [6.07, 6.45) is 4.07. The van der Waals surface area contributed by atoms with E-state index in [1.54, 1.807) is 0 Å². The summed E-state index contributed by atoms with van der Waals surface area (Å²) < 4.78 is 5.35. The van der Waals surface area contributed by atoms with Crippen LogP contribution in [-0.4, -0.2) is 19.3 Å². The fourth-order valence-corrected chi connectivity index (χ4v) is 2.20. The number of hydrogen-bond donors (Lipinski definition) is 1. The van der Waals surface area contributed by atoms with E-state index in [2.05, 4.69) is 35.6 Å². The number of methoxy groups -OCH3 is 1. The number of nitrogens with one attached hydrogen (secondary N) is 1. The maximum absolute atomic E-state index is 5.35. The monoisotopic (exact) mass is 205 g/mol. The van der Waals surface area contributed by atoms with Gasteiger partial charge in [0.05, 0.1) is 6.10 Å². The van der Waals surface area contributed by atoms with E-state index in [-0.39, 0.29) is 0 Å². The fraction of sp³-hybridized carbons (Fsp3) is 0.538. The van der Waals surface area contributed by atoms with Crippen molar-refractivity contribution in [2.75, 3.05) is 7.11 Å². The highest BCUT2D eigenvalue weighted by molar-refractivity contribution is 5.14. The van der Waals surface area contributed by atoms with E-state index in [4.69, 9.17) is 4.74 Å². The van der Waals surface area contributed by atoms with E-state index in [0.717, 1.165) is 13.0 Å². The standard InChI is InChI=1S/C13H19NO/c1-15-13-8-7-12(9-13)14-10-11-5-3-2-4-6-11/h2-6,12-14H,7-10H2,1H3. The molecule has 0 amide bonds. The van der Waals surface area contributed by atoms with Gasteiger partial charge in [-0.15, -0.1) is 0 Å². The number of ether oxygens (including phenoxy) is 1. The van der Waals surface area contributed by atoms with Crippen LogP contribution in [-0.2, 0) is 11.3 Å². The van der Waals surface area contributed by atoms with Crippen LogP contribution in [0, 0.1) is 0 Å². The van der Waals surface area contributed by atoms with Crippen molar-refractivity contribution in [2.45, 2.75) is 38.0 Å². The van der Waals surface area contributed by atoms with Crippen LogP contribution in [0.25, 0.3) is 0 Å². The smallest absolute Gasteiger partial charge is 0.0586 e. The molecule has 1 N–H and O–H groups in total. The molecule has 0 aliphatic heterocycles. The van der Waals surface area contributed by atoms with Gasteiger partial charge in [0.25, 0.3) is 0 Å². The van der Waals surface area contributed by atoms with Crippen molar-refractivity contribution >= 4 is 0 Å². The largest absolute Gasteiger partial charge is 0.381 e. The van der Waals surface area contributed by atoms with Gasteiger partial charge in [-0.2, -0.15) is 0 Å². The first kappa shape index (κ1) is 10.7. The molecule has 0 spiro atoms. The van der Waals surface area contributed by atoms with Gasteiger partial charge in [-0.25, -0.2) is 0 Å². The average Bonchev–Trinajstić information content (AvgIpc) is 2.76. The molecule has 2 unspecified atom stereocenters. The lowest BCUT2D eigenvalue weighted by molar-refractivity contribution is 0.107. The molecule has 1 aromatic carbocycles. The Balaban J connectivity index is 1.75. The van der Waals surface area contributed by atoms with Crippen molar-refractivity contribution in [1.29, 1.82) is 0 Å². The van der Waals surface area contributed by atoms with Gasteiger partial charge in [0.15, 0.2) is 0 Å². The van der Waals surface area contributed by atoms with Crippen molar-refractivity contribution in [3.05, 3.63) is 35.9 Å². The Morgan fingerprint density at radius 1 is 1.27 bits per heavy atom. The molecule has 1 saturated carbocycles. The SMILES string of the molecule is COC1CCC(NCc2ccccc2)C1. The van der Waals surface area contributed by atoms with Gasteiger partial charge in [0, 0.05) is 19.7 Å². The van der Waals surface area contributed by atoms with Crippen LogP contribution in [0.3, 0.4) is 0 Å². The summed E-state index contributed by atoms with van der Waals surface area (Å²) in [5.41, 5.74) is 1.36. The Bertz CT molecular complexity index is 286. The van der Waals surface area contributed by atoms with E-state index < -0.39 is 0 Å². The normalized spacial score (nSPS) is 25.7. The highest BCUT2D eigenvalue weighted by atomic mass is 16.5. The zero-order valence-corrected chi connectivity index (χ0v) is 9.28. The molecule has 1 fully saturated rings. The topological polar surface area (TPSA) is 21.3 Å². The second-order valence-electron chi connectivity index (χ2n) is 4.23. The molecule has 0 heterocycles. The molecule has 2 rings (SSSR count). The summed E-state index contributed by atoms with van der Waals surface area (Å²) in [6, 6.07) is 11.2. The molecule has 2 nitrogen and oxygen atoms in total. The Morgan fingerprint density at radius 2 is 2.07 bits per heavy atom. The molecule has 0 bridgehead atoms. The summed E-state index contributed by atoms with van der Waals surface area (Å²) in [7, 11) is 1.81. The molecule has 1 aliphatic carbocycles. The summed E-state index contributed by atoms with van der Waals surface area (Å²) in [4.78, 5) is 0. The fourth-order valence-electron chi connectivity index (χ4n) is 2.20. The number of hydrogen-bond acceptors (Lipinski definition) is 2. The first-order valence-electron chi connectivity index (χ1n) is 5.68. The summed E-state index contributed by atoms with van der Waals surface area (Å²) >= 11 is 0. The molecule has 15 heavy (non-hydrogen) atoms. The second-order valence-corrected chi connectivity index (χ2v) is 4.23. The van der Waals surface area contributed by atoms with Crippen molar-refractivity contribution in [2.24, 2.45) is 0 Å². The van der Waals surface area contributed by atoms with Crippen LogP contribution < -0.4 is 5.32 Å². The van der Waals surface area contributed by atoms with Crippen molar-refractivity contribution in [1.82, 2.24) is 5.32 Å². The second kappa shape index (κ2) is 5.29. The van der Waals surface area contributed by atoms with Gasteiger partial charge in [0.1, 0.15) is 0 Å². The minimum atomic E-state index is 0.471. The lowest BCUT2D eigenvalue weighted by atomic mass is 10.2. The Hall–Kier alpha value is -0.860. The van der Waals surface area contributed by atoms with Crippen molar-refractivity contribution in [3.63, 3.8) is 0 Å². The minimum absolute atomic E-state index is 0.471. The molecule has 0 radical (unpaired) electrons. The van der Waals surface area contributed by atoms with Crippen LogP contribution in [0.4, 0.5) is 0 Å². The quantitative estimate of drug-likeness (QED) is 0.814. The molecular weight excluding hydrogens is 186 g/mol. The maximum Gasteiger partial charge on any atom is 0.0586 e. The maximum atomic E-state index is 5.35. The van der Waals surface area contributed by atoms with Crippen LogP contribution in [0.5, 0.6) is 0 Å². The Morgan fingerprint density at radius 3 is 2.73 bits per heavy atom. The third-order valence-corrected chi connectivity index (χ3v) is 3.16. The molecule has 2 heteroatoms. The van der Waals surface area contributed by atoms with Crippen LogP contribution in [0.15, 0.2) is 30.3 Å². The predicted octanol–water partition coefficient (Wildman–Crippen LogP) is 2.34. The van der Waals surface area contributed by atoms with Gasteiger partial charge in [-0.3, -0.25) is 0 Å². The third-order valence-electron chi connectivity index (χ3n) is 3.16. The lowest BCUT2D eigenvalue weighted by Gasteiger charge is -2.12. The van der Waals surface area contributed by atoms with Crippen molar-refractivity contribution < 1.29 is 4.74 Å². The highest BCUT2D eigenvalue weighted by Gasteiger charge is 2.23. The van der Waals surface area contributed by atoms with Crippen LogP contribution in [0.1, 0.15) is 24.8 Å². The summed E-state index contributed by atoms with van der Waals surface area (Å²) in [6.45, 7) is 0.974. The van der Waals surface area contributed by atoms with E-state index in [9.17, 15) is 0 Å². The van der Waals surface area contributed by atoms with Crippen LogP contribution in [0.2, 0.25) is 0 Å². The predicted molar refractivity (Wildman–Crippen MR) is 61.7 cm³/mol. The van der Waals surface area contributed by atoms with Crippen LogP contribution >= 0.6 is 0 Å². The number of rotatable bonds is 4. The molecule has 0 aromatic heterocycles. The average molecular weight is 205 g/mol. The van der Waals surface area contributed by atoms with E-state index >= 15 is 0 Å². The molecule has 2 atom stereocenters.